The average molecular weight is 292 g/mol. The first-order valence-electron chi connectivity index (χ1n) is 6.14. The molecule has 0 radical (unpaired) electrons. The molecule has 0 spiro atoms. The molecule has 0 aliphatic rings. The molecule has 0 atom stereocenters. The highest BCUT2D eigenvalue weighted by molar-refractivity contribution is 7.87. The van der Waals surface area contributed by atoms with Crippen molar-refractivity contribution in [3.63, 3.8) is 0 Å². The number of aromatic nitrogens is 2. The number of imidazole rings is 1. The molecule has 0 saturated carbocycles. The number of rotatable bonds is 9. The van der Waals surface area contributed by atoms with Gasteiger partial charge in [-0.2, -0.15) is 12.7 Å². The third kappa shape index (κ3) is 4.90. The molecule has 110 valence electrons. The minimum atomic E-state index is -3.43. The van der Waals surface area contributed by atoms with Gasteiger partial charge in [0.15, 0.2) is 0 Å². The summed E-state index contributed by atoms with van der Waals surface area (Å²) in [7, 11) is -0.437. The smallest absolute Gasteiger partial charge is 0.379 e. The van der Waals surface area contributed by atoms with E-state index in [4.69, 9.17) is 9.47 Å². The van der Waals surface area contributed by atoms with Crippen molar-refractivity contribution >= 4 is 10.2 Å². The average Bonchev–Trinajstić information content (AvgIpc) is 2.82. The quantitative estimate of drug-likeness (QED) is 0.454. The molecule has 1 rings (SSSR count). The summed E-state index contributed by atoms with van der Waals surface area (Å²) in [5, 5.41) is 0. The molecule has 0 unspecified atom stereocenters. The van der Waals surface area contributed by atoms with E-state index in [0.717, 1.165) is 4.31 Å². The fraction of sp³-hybridized carbons (Fsp3) is 0.727. The molecule has 8 heteroatoms. The Morgan fingerprint density at radius 1 is 1.21 bits per heavy atom. The van der Waals surface area contributed by atoms with Crippen molar-refractivity contribution in [2.45, 2.75) is 13.5 Å². The molecule has 19 heavy (non-hydrogen) atoms. The van der Waals surface area contributed by atoms with E-state index in [2.05, 4.69) is 0 Å². The fourth-order valence-electron chi connectivity index (χ4n) is 1.37. The minimum absolute atomic E-state index is 0.518. The van der Waals surface area contributed by atoms with E-state index in [9.17, 15) is 8.42 Å². The monoisotopic (exact) mass is 292 g/mol. The van der Waals surface area contributed by atoms with Crippen LogP contribution in [-0.4, -0.2) is 57.2 Å². The van der Waals surface area contributed by atoms with Crippen LogP contribution in [0, 0.1) is 0 Å². The van der Waals surface area contributed by atoms with Crippen molar-refractivity contribution in [1.29, 1.82) is 0 Å². The molecule has 1 aromatic rings. The van der Waals surface area contributed by atoms with Gasteiger partial charge in [0.2, 0.25) is 0 Å². The third-order valence-electron chi connectivity index (χ3n) is 2.47. The molecular weight excluding hydrogens is 270 g/mol. The molecule has 0 aliphatic heterocycles. The number of ether oxygens (including phenoxy) is 2. The van der Waals surface area contributed by atoms with Crippen molar-refractivity contribution < 1.29 is 22.5 Å². The normalized spacial score (nSPS) is 12.2. The van der Waals surface area contributed by atoms with Crippen molar-refractivity contribution in [3.05, 3.63) is 18.7 Å². The van der Waals surface area contributed by atoms with Crippen molar-refractivity contribution in [2.24, 2.45) is 0 Å². The van der Waals surface area contributed by atoms with Crippen LogP contribution in [0.3, 0.4) is 0 Å². The summed E-state index contributed by atoms with van der Waals surface area (Å²) in [4.78, 5) is 0. The lowest BCUT2D eigenvalue weighted by Crippen LogP contribution is -2.35. The van der Waals surface area contributed by atoms with Gasteiger partial charge in [0.25, 0.3) is 6.33 Å². The van der Waals surface area contributed by atoms with Gasteiger partial charge in [0.1, 0.15) is 18.9 Å². The van der Waals surface area contributed by atoms with E-state index in [0.29, 0.717) is 33.0 Å². The SMILES string of the molecule is CCOCCOCC[n+]1ccn(S(=O)(=O)N(C)C)c1. The van der Waals surface area contributed by atoms with Gasteiger partial charge < -0.3 is 9.47 Å². The van der Waals surface area contributed by atoms with Gasteiger partial charge in [-0.05, 0) is 6.92 Å². The zero-order valence-corrected chi connectivity index (χ0v) is 12.5. The summed E-state index contributed by atoms with van der Waals surface area (Å²) in [5.74, 6) is 0. The van der Waals surface area contributed by atoms with Crippen LogP contribution in [0.4, 0.5) is 0 Å². The molecule has 0 aromatic carbocycles. The van der Waals surface area contributed by atoms with Crippen LogP contribution in [0.25, 0.3) is 0 Å². The Hall–Kier alpha value is -0.960. The van der Waals surface area contributed by atoms with E-state index in [1.807, 2.05) is 6.92 Å². The standard InChI is InChI=1S/C11H22N3O4S/c1-4-17-9-10-18-8-7-13-5-6-14(11-13)19(15,16)12(2)3/h5-6,11H,4,7-10H2,1-3H3/q+1. The molecule has 1 heterocycles. The second kappa shape index (κ2) is 7.59. The Labute approximate surface area is 114 Å². The van der Waals surface area contributed by atoms with Crippen LogP contribution >= 0.6 is 0 Å². The molecule has 0 bridgehead atoms. The van der Waals surface area contributed by atoms with Gasteiger partial charge >= 0.3 is 10.2 Å². The molecule has 7 nitrogen and oxygen atoms in total. The van der Waals surface area contributed by atoms with Crippen molar-refractivity contribution in [3.8, 4) is 0 Å². The number of hydrogen-bond acceptors (Lipinski definition) is 4. The van der Waals surface area contributed by atoms with E-state index in [-0.39, 0.29) is 0 Å². The summed E-state index contributed by atoms with van der Waals surface area (Å²) in [6.45, 7) is 4.86. The molecule has 0 amide bonds. The third-order valence-corrected chi connectivity index (χ3v) is 4.14. The summed E-state index contributed by atoms with van der Waals surface area (Å²) in [6, 6.07) is 0. The second-order valence-electron chi connectivity index (χ2n) is 4.08. The van der Waals surface area contributed by atoms with Crippen LogP contribution in [-0.2, 0) is 26.2 Å². The molecule has 0 saturated heterocycles. The molecule has 0 aliphatic carbocycles. The molecule has 1 aromatic heterocycles. The summed E-state index contributed by atoms with van der Waals surface area (Å²) < 4.78 is 38.3. The summed E-state index contributed by atoms with van der Waals surface area (Å²) in [6.07, 6.45) is 4.74. The summed E-state index contributed by atoms with van der Waals surface area (Å²) >= 11 is 0. The topological polar surface area (TPSA) is 64.7 Å². The first-order chi connectivity index (χ1) is 8.98. The Morgan fingerprint density at radius 2 is 1.89 bits per heavy atom. The van der Waals surface area contributed by atoms with E-state index in [1.165, 1.54) is 30.6 Å². The van der Waals surface area contributed by atoms with Crippen molar-refractivity contribution in [2.75, 3.05) is 40.5 Å². The largest absolute Gasteiger partial charge is 0.379 e. The van der Waals surface area contributed by atoms with E-state index >= 15 is 0 Å². The second-order valence-corrected chi connectivity index (χ2v) is 6.13. The highest BCUT2D eigenvalue weighted by atomic mass is 32.2. The van der Waals surface area contributed by atoms with E-state index < -0.39 is 10.2 Å². The maximum absolute atomic E-state index is 11.8. The van der Waals surface area contributed by atoms with Gasteiger partial charge in [-0.3, -0.25) is 0 Å². The van der Waals surface area contributed by atoms with Gasteiger partial charge in [0, 0.05) is 20.7 Å². The van der Waals surface area contributed by atoms with Crippen LogP contribution in [0.1, 0.15) is 6.92 Å². The van der Waals surface area contributed by atoms with Crippen LogP contribution in [0.15, 0.2) is 18.7 Å². The van der Waals surface area contributed by atoms with Gasteiger partial charge in [-0.25, -0.2) is 4.57 Å². The highest BCUT2D eigenvalue weighted by Gasteiger charge is 2.22. The lowest BCUT2D eigenvalue weighted by Gasteiger charge is -2.05. The zero-order valence-electron chi connectivity index (χ0n) is 11.7. The fourth-order valence-corrected chi connectivity index (χ4v) is 2.19. The zero-order chi connectivity index (χ0) is 14.3. The van der Waals surface area contributed by atoms with Crippen LogP contribution in [0.5, 0.6) is 0 Å². The lowest BCUT2D eigenvalue weighted by atomic mass is 10.6. The maximum Gasteiger partial charge on any atom is 0.379 e. The molecular formula is C11H22N3O4S+. The van der Waals surface area contributed by atoms with Gasteiger partial charge in [0.05, 0.1) is 19.8 Å². The first kappa shape index (κ1) is 16.1. The lowest BCUT2D eigenvalue weighted by molar-refractivity contribution is -0.697. The van der Waals surface area contributed by atoms with Crippen molar-refractivity contribution in [1.82, 2.24) is 8.28 Å². The Balaban J connectivity index is 2.40. The number of hydrogen-bond donors (Lipinski definition) is 0. The molecule has 0 fully saturated rings. The van der Waals surface area contributed by atoms with Crippen LogP contribution < -0.4 is 4.57 Å². The Kier molecular flexibility index (Phi) is 6.43. The Morgan fingerprint density at radius 3 is 2.53 bits per heavy atom. The summed E-state index contributed by atoms with van der Waals surface area (Å²) in [5.41, 5.74) is 0. The molecule has 0 N–H and O–H groups in total. The Bertz CT molecular complexity index is 470. The highest BCUT2D eigenvalue weighted by Crippen LogP contribution is 1.98. The van der Waals surface area contributed by atoms with E-state index in [1.54, 1.807) is 10.8 Å². The predicted molar refractivity (Wildman–Crippen MR) is 69.9 cm³/mol. The van der Waals surface area contributed by atoms with Crippen LogP contribution in [0.2, 0.25) is 0 Å². The number of nitrogens with zero attached hydrogens (tertiary/aromatic N) is 3. The van der Waals surface area contributed by atoms with Gasteiger partial charge in [-0.15, -0.1) is 3.97 Å². The first-order valence-corrected chi connectivity index (χ1v) is 7.53. The minimum Gasteiger partial charge on any atom is -0.379 e. The maximum atomic E-state index is 11.8. The predicted octanol–water partition coefficient (Wildman–Crippen LogP) is -0.517. The van der Waals surface area contributed by atoms with Gasteiger partial charge in [-0.1, -0.05) is 0 Å².